The molecule has 2 heteroatoms. The summed E-state index contributed by atoms with van der Waals surface area (Å²) in [5.74, 6) is 1.22. The number of benzene rings is 5. The number of aromatic nitrogens is 1. The molecule has 0 atom stereocenters. The molecule has 0 saturated carbocycles. The van der Waals surface area contributed by atoms with Crippen molar-refractivity contribution in [3.05, 3.63) is 103 Å². The van der Waals surface area contributed by atoms with Crippen LogP contribution >= 0.6 is 0 Å². The van der Waals surface area contributed by atoms with Crippen molar-refractivity contribution in [3.8, 4) is 16.8 Å². The van der Waals surface area contributed by atoms with Crippen LogP contribution in [0.1, 0.15) is 6.92 Å². The van der Waals surface area contributed by atoms with Crippen molar-refractivity contribution in [1.29, 1.82) is 0 Å². The van der Waals surface area contributed by atoms with Gasteiger partial charge >= 0.3 is 0 Å². The Kier molecular flexibility index (Phi) is 3.57. The largest absolute Gasteiger partial charge is 0.327 e. The first-order valence-corrected chi connectivity index (χ1v) is 11.3. The predicted molar refractivity (Wildman–Crippen MR) is 136 cm³/mol. The van der Waals surface area contributed by atoms with Crippen molar-refractivity contribution < 1.29 is 0 Å². The standard InChI is InChI=1S/C30H22N2/c1-2-31-29-19-23-17-21-10-3-4-11-22(21)18-28(23)32(29)27-14-8-7-13-25(27)26-16-15-20-9-5-6-12-24(20)30(26)31/h3-19H,2H2,1H3. The van der Waals surface area contributed by atoms with Crippen LogP contribution in [0.25, 0.3) is 49.3 Å². The first-order valence-electron chi connectivity index (χ1n) is 11.3. The van der Waals surface area contributed by atoms with E-state index in [-0.39, 0.29) is 0 Å². The van der Waals surface area contributed by atoms with Gasteiger partial charge in [-0.25, -0.2) is 0 Å². The SMILES string of the molecule is CCN1c2c(ccc3ccccc23)-c2ccccc2-n2c1cc1cc3ccccc3cc12. The molecule has 32 heavy (non-hydrogen) atoms. The predicted octanol–water partition coefficient (Wildman–Crippen LogP) is 8.08. The fraction of sp³-hybridized carbons (Fsp3) is 0.0667. The third kappa shape index (κ3) is 2.29. The highest BCUT2D eigenvalue weighted by molar-refractivity contribution is 6.08. The lowest BCUT2D eigenvalue weighted by molar-refractivity contribution is 0.972. The van der Waals surface area contributed by atoms with Gasteiger partial charge in [-0.05, 0) is 47.3 Å². The molecule has 2 nitrogen and oxygen atoms in total. The Morgan fingerprint density at radius 3 is 2.16 bits per heavy atom. The van der Waals surface area contributed by atoms with Crippen LogP contribution in [0.4, 0.5) is 11.5 Å². The maximum Gasteiger partial charge on any atom is 0.118 e. The normalized spacial score (nSPS) is 12.6. The quantitative estimate of drug-likeness (QED) is 0.266. The van der Waals surface area contributed by atoms with Gasteiger partial charge in [-0.15, -0.1) is 0 Å². The molecule has 0 radical (unpaired) electrons. The zero-order valence-electron chi connectivity index (χ0n) is 17.9. The van der Waals surface area contributed by atoms with Crippen molar-refractivity contribution in [3.63, 3.8) is 0 Å². The van der Waals surface area contributed by atoms with Crippen LogP contribution in [-0.2, 0) is 0 Å². The monoisotopic (exact) mass is 410 g/mol. The Balaban J connectivity index is 1.68. The lowest BCUT2D eigenvalue weighted by Crippen LogP contribution is -2.18. The van der Waals surface area contributed by atoms with E-state index < -0.39 is 0 Å². The molecule has 0 aliphatic carbocycles. The topological polar surface area (TPSA) is 8.17 Å². The number of para-hydroxylation sites is 1. The van der Waals surface area contributed by atoms with Gasteiger partial charge in [0.25, 0.3) is 0 Å². The van der Waals surface area contributed by atoms with Crippen molar-refractivity contribution in [1.82, 2.24) is 4.57 Å². The van der Waals surface area contributed by atoms with Crippen molar-refractivity contribution in [2.24, 2.45) is 0 Å². The maximum absolute atomic E-state index is 2.49. The molecule has 1 aromatic heterocycles. The van der Waals surface area contributed by atoms with E-state index in [9.17, 15) is 0 Å². The highest BCUT2D eigenvalue weighted by atomic mass is 15.3. The third-order valence-corrected chi connectivity index (χ3v) is 6.85. The summed E-state index contributed by atoms with van der Waals surface area (Å²) >= 11 is 0. The highest BCUT2D eigenvalue weighted by Crippen LogP contribution is 2.48. The van der Waals surface area contributed by atoms with Crippen LogP contribution in [0.5, 0.6) is 0 Å². The van der Waals surface area contributed by atoms with E-state index >= 15 is 0 Å². The van der Waals surface area contributed by atoms with Gasteiger partial charge in [0.15, 0.2) is 0 Å². The highest BCUT2D eigenvalue weighted by Gasteiger charge is 2.27. The second-order valence-electron chi connectivity index (χ2n) is 8.54. The van der Waals surface area contributed by atoms with Crippen molar-refractivity contribution in [2.45, 2.75) is 6.92 Å². The van der Waals surface area contributed by atoms with Gasteiger partial charge in [0.2, 0.25) is 0 Å². The summed E-state index contributed by atoms with van der Waals surface area (Å²) in [4.78, 5) is 2.49. The minimum absolute atomic E-state index is 0.894. The summed E-state index contributed by atoms with van der Waals surface area (Å²) in [7, 11) is 0. The average Bonchev–Trinajstić information content (AvgIpc) is 3.15. The van der Waals surface area contributed by atoms with Gasteiger partial charge in [-0.2, -0.15) is 0 Å². The molecule has 0 unspecified atom stereocenters. The van der Waals surface area contributed by atoms with Gasteiger partial charge < -0.3 is 4.90 Å². The third-order valence-electron chi connectivity index (χ3n) is 6.85. The maximum atomic E-state index is 2.49. The van der Waals surface area contributed by atoms with Gasteiger partial charge in [-0.3, -0.25) is 4.57 Å². The Hall–Kier alpha value is -4.04. The molecule has 0 N–H and O–H groups in total. The molecule has 0 bridgehead atoms. The lowest BCUT2D eigenvalue weighted by atomic mass is 9.96. The van der Waals surface area contributed by atoms with E-state index in [1.165, 1.54) is 60.8 Å². The summed E-state index contributed by atoms with van der Waals surface area (Å²) in [6.07, 6.45) is 0. The number of rotatable bonds is 1. The van der Waals surface area contributed by atoms with Crippen LogP contribution < -0.4 is 4.90 Å². The van der Waals surface area contributed by atoms with Crippen LogP contribution in [0, 0.1) is 0 Å². The molecule has 6 aromatic rings. The minimum Gasteiger partial charge on any atom is -0.327 e. The summed E-state index contributed by atoms with van der Waals surface area (Å²) in [5.41, 5.74) is 6.35. The Bertz CT molecular complexity index is 1670. The molecule has 2 heterocycles. The van der Waals surface area contributed by atoms with E-state index in [1.54, 1.807) is 0 Å². The minimum atomic E-state index is 0.894. The molecule has 7 rings (SSSR count). The smallest absolute Gasteiger partial charge is 0.118 e. The number of nitrogens with zero attached hydrogens (tertiary/aromatic N) is 2. The fourth-order valence-electron chi connectivity index (χ4n) is 5.43. The molecule has 5 aromatic carbocycles. The molecule has 0 fully saturated rings. The molecule has 0 spiro atoms. The molecule has 1 aliphatic heterocycles. The first-order chi connectivity index (χ1) is 15.8. The summed E-state index contributed by atoms with van der Waals surface area (Å²) in [6, 6.07) is 37.8. The Labute approximate surface area is 186 Å². The van der Waals surface area contributed by atoms with E-state index in [0.29, 0.717) is 0 Å². The molecular formula is C30H22N2. The van der Waals surface area contributed by atoms with Crippen LogP contribution in [-0.4, -0.2) is 11.1 Å². The number of fused-ring (bicyclic) bond motifs is 10. The first kappa shape index (κ1) is 17.6. The van der Waals surface area contributed by atoms with Crippen molar-refractivity contribution >= 4 is 44.0 Å². The Morgan fingerprint density at radius 2 is 1.31 bits per heavy atom. The van der Waals surface area contributed by atoms with E-state index in [0.717, 1.165) is 6.54 Å². The van der Waals surface area contributed by atoms with Gasteiger partial charge in [-0.1, -0.05) is 78.9 Å². The second-order valence-corrected chi connectivity index (χ2v) is 8.54. The summed E-state index contributed by atoms with van der Waals surface area (Å²) < 4.78 is 2.45. The lowest BCUT2D eigenvalue weighted by Gasteiger charge is -2.25. The summed E-state index contributed by atoms with van der Waals surface area (Å²) in [5, 5.41) is 6.40. The molecule has 152 valence electrons. The van der Waals surface area contributed by atoms with Crippen LogP contribution in [0.2, 0.25) is 0 Å². The zero-order valence-corrected chi connectivity index (χ0v) is 17.9. The van der Waals surface area contributed by atoms with E-state index in [4.69, 9.17) is 0 Å². The van der Waals surface area contributed by atoms with Gasteiger partial charge in [0.1, 0.15) is 5.82 Å². The van der Waals surface area contributed by atoms with Gasteiger partial charge in [0, 0.05) is 28.4 Å². The zero-order chi connectivity index (χ0) is 21.2. The fourth-order valence-corrected chi connectivity index (χ4v) is 5.43. The summed E-state index contributed by atoms with van der Waals surface area (Å²) in [6.45, 7) is 3.14. The Morgan fingerprint density at radius 1 is 0.594 bits per heavy atom. The average molecular weight is 411 g/mol. The van der Waals surface area contributed by atoms with Crippen LogP contribution in [0.3, 0.4) is 0 Å². The van der Waals surface area contributed by atoms with Crippen molar-refractivity contribution in [2.75, 3.05) is 11.4 Å². The van der Waals surface area contributed by atoms with Crippen LogP contribution in [0.15, 0.2) is 103 Å². The molecule has 1 aliphatic rings. The molecule has 0 saturated heterocycles. The van der Waals surface area contributed by atoms with E-state index in [1.807, 2.05) is 0 Å². The molecular weight excluding hydrogens is 388 g/mol. The molecule has 0 amide bonds. The second kappa shape index (κ2) is 6.48. The van der Waals surface area contributed by atoms with Gasteiger partial charge in [0.05, 0.1) is 16.9 Å². The number of hydrogen-bond donors (Lipinski definition) is 0. The number of anilines is 2. The number of hydrogen-bond acceptors (Lipinski definition) is 1. The van der Waals surface area contributed by atoms with E-state index in [2.05, 4.69) is 120 Å².